The third-order valence-electron chi connectivity index (χ3n) is 7.34. The molecule has 0 aliphatic heterocycles. The van der Waals surface area contributed by atoms with Gasteiger partial charge in [-0.15, -0.1) is 18.2 Å². The van der Waals surface area contributed by atoms with Crippen molar-refractivity contribution in [3.8, 4) is 22.6 Å². The Morgan fingerprint density at radius 3 is 2.35 bits per heavy atom. The number of hydrogen-bond donors (Lipinski definition) is 0. The second kappa shape index (κ2) is 12.6. The van der Waals surface area contributed by atoms with Crippen molar-refractivity contribution in [1.82, 2.24) is 14.5 Å². The molecule has 4 aromatic carbocycles. The maximum absolute atomic E-state index is 13.7. The summed E-state index contributed by atoms with van der Waals surface area (Å²) in [6.45, 7) is 4.26. The first kappa shape index (κ1) is 30.9. The monoisotopic (exact) mass is 808 g/mol. The van der Waals surface area contributed by atoms with E-state index in [-0.39, 0.29) is 32.0 Å². The Hall–Kier alpha value is -3.58. The van der Waals surface area contributed by atoms with E-state index in [1.54, 1.807) is 6.07 Å². The quantitative estimate of drug-likeness (QED) is 0.132. The Balaban J connectivity index is 0.000000188. The number of fused-ring (bicyclic) bond motifs is 4. The van der Waals surface area contributed by atoms with E-state index in [0.717, 1.165) is 44.5 Å². The molecule has 0 atom stereocenters. The second-order valence-corrected chi connectivity index (χ2v) is 22.3. The van der Waals surface area contributed by atoms with E-state index < -0.39 is 13.3 Å². The Labute approximate surface area is 267 Å². The van der Waals surface area contributed by atoms with Crippen LogP contribution in [-0.2, 0) is 20.1 Å². The normalized spacial score (nSPS) is 11.5. The van der Waals surface area contributed by atoms with E-state index in [0.29, 0.717) is 11.2 Å². The molecule has 0 saturated heterocycles. The van der Waals surface area contributed by atoms with E-state index in [4.69, 9.17) is 9.40 Å². The Bertz CT molecular complexity index is 2010. The van der Waals surface area contributed by atoms with E-state index in [1.807, 2.05) is 60.8 Å². The van der Waals surface area contributed by atoms with Gasteiger partial charge < -0.3 is 8.98 Å². The van der Waals surface area contributed by atoms with Crippen LogP contribution in [0.2, 0.25) is 17.3 Å². The molecule has 219 valence electrons. The van der Waals surface area contributed by atoms with Crippen molar-refractivity contribution in [2.45, 2.75) is 37.2 Å². The van der Waals surface area contributed by atoms with Crippen molar-refractivity contribution in [2.24, 2.45) is 0 Å². The Kier molecular flexibility index (Phi) is 9.02. The maximum atomic E-state index is 13.7. The maximum Gasteiger partial charge on any atom is 0 e. The van der Waals surface area contributed by atoms with Gasteiger partial charge in [-0.3, -0.25) is 4.98 Å². The van der Waals surface area contributed by atoms with Crippen LogP contribution in [0.5, 0.6) is 0 Å². The van der Waals surface area contributed by atoms with Crippen LogP contribution in [0.4, 0.5) is 4.39 Å². The minimum atomic E-state index is -1.72. The van der Waals surface area contributed by atoms with Crippen molar-refractivity contribution >= 4 is 50.6 Å². The molecular formula is C36H32FGeIrN3O-2. The minimum Gasteiger partial charge on any atom is 0 e. The molecule has 0 aliphatic carbocycles. The number of para-hydroxylation sites is 2. The average Bonchev–Trinajstić information content (AvgIpc) is 3.56. The molecule has 0 saturated carbocycles. The van der Waals surface area contributed by atoms with E-state index in [9.17, 15) is 4.39 Å². The zero-order chi connectivity index (χ0) is 29.4. The molecule has 7 heteroatoms. The van der Waals surface area contributed by atoms with Gasteiger partial charge in [-0.2, -0.15) is 0 Å². The average molecular weight is 806 g/mol. The first-order valence-corrected chi connectivity index (χ1v) is 21.5. The van der Waals surface area contributed by atoms with Crippen LogP contribution in [0.15, 0.2) is 102 Å². The summed E-state index contributed by atoms with van der Waals surface area (Å²) in [4.78, 5) is 9.37. The van der Waals surface area contributed by atoms with E-state index >= 15 is 0 Å². The fraction of sp³-hybridized carbons (Fsp3) is 0.167. The number of hydrogen-bond acceptors (Lipinski definition) is 3. The zero-order valence-corrected chi connectivity index (χ0v) is 29.3. The predicted molar refractivity (Wildman–Crippen MR) is 173 cm³/mol. The first-order chi connectivity index (χ1) is 20.2. The van der Waals surface area contributed by atoms with Gasteiger partial charge in [0.15, 0.2) is 0 Å². The molecular weight excluding hydrogens is 774 g/mol. The van der Waals surface area contributed by atoms with Gasteiger partial charge in [-0.05, 0) is 44.2 Å². The number of pyridine rings is 1. The molecule has 0 bridgehead atoms. The molecule has 0 unspecified atom stereocenters. The summed E-state index contributed by atoms with van der Waals surface area (Å²) in [5, 5.41) is 1.64. The van der Waals surface area contributed by atoms with Crippen LogP contribution in [0, 0.1) is 17.9 Å². The van der Waals surface area contributed by atoms with E-state index in [1.165, 1.54) is 16.5 Å². The Morgan fingerprint density at radius 2 is 1.65 bits per heavy atom. The van der Waals surface area contributed by atoms with Gasteiger partial charge >= 0.3 is 99.8 Å². The second-order valence-electron chi connectivity index (χ2n) is 11.7. The summed E-state index contributed by atoms with van der Waals surface area (Å²) < 4.78 is 23.4. The molecule has 7 rings (SSSR count). The predicted octanol–water partition coefficient (Wildman–Crippen LogP) is 9.21. The van der Waals surface area contributed by atoms with Gasteiger partial charge in [0.2, 0.25) is 0 Å². The number of furan rings is 1. The van der Waals surface area contributed by atoms with Gasteiger partial charge in [-0.25, -0.2) is 4.39 Å². The molecule has 0 fully saturated rings. The number of rotatable bonds is 4. The smallest absolute Gasteiger partial charge is 0 e. The number of imidazole rings is 1. The molecule has 7 aromatic rings. The number of nitrogens with zero attached hydrogens (tertiary/aromatic N) is 3. The number of halogens is 1. The SMILES string of the molecule is CC(C)n1c(-c2[c-]ccc3c2oc2ccc(F)cc23)nc2ccccc21.[CH3][Ge]([CH3])([CH3])[c]1ccc(-c2[c-]cccc2)nc1.[Ir]. The van der Waals surface area contributed by atoms with Crippen molar-refractivity contribution in [3.05, 3.63) is 115 Å². The van der Waals surface area contributed by atoms with Crippen molar-refractivity contribution in [2.75, 3.05) is 0 Å². The van der Waals surface area contributed by atoms with E-state index in [2.05, 4.69) is 71.0 Å². The molecule has 0 aliphatic rings. The molecule has 3 heterocycles. The van der Waals surface area contributed by atoms with Crippen LogP contribution in [0.1, 0.15) is 19.9 Å². The van der Waals surface area contributed by atoms with Crippen LogP contribution < -0.4 is 4.40 Å². The summed E-state index contributed by atoms with van der Waals surface area (Å²) in [6.07, 6.45) is 2.04. The fourth-order valence-corrected chi connectivity index (χ4v) is 7.35. The first-order valence-electron chi connectivity index (χ1n) is 14.1. The molecule has 4 nitrogen and oxygen atoms in total. The zero-order valence-electron chi connectivity index (χ0n) is 24.8. The molecule has 0 N–H and O–H groups in total. The van der Waals surface area contributed by atoms with Gasteiger partial charge in [-0.1, -0.05) is 23.1 Å². The largest absolute Gasteiger partial charge is 0 e. The van der Waals surface area contributed by atoms with Gasteiger partial charge in [0.05, 0.1) is 22.4 Å². The van der Waals surface area contributed by atoms with Crippen molar-refractivity contribution in [1.29, 1.82) is 0 Å². The Morgan fingerprint density at radius 1 is 0.860 bits per heavy atom. The van der Waals surface area contributed by atoms with Crippen LogP contribution >= 0.6 is 0 Å². The number of aromatic nitrogens is 3. The van der Waals surface area contributed by atoms with Gasteiger partial charge in [0, 0.05) is 31.5 Å². The standard InChI is InChI=1S/C22H16FN2O.C14H16GeN.Ir/c1-13(2)25-19-9-4-3-8-18(19)24-22(25)16-7-5-6-15-17-12-14(23)10-11-20(17)26-21(15)16;1-15(2,3)13-9-10-14(16-11-13)12-7-5-4-6-8-12;/h3-6,8-13H,1-2H3;4-7,9-11H,1-3H3;/q2*-1;. The molecule has 1 radical (unpaired) electrons. The van der Waals surface area contributed by atoms with Crippen LogP contribution in [0.3, 0.4) is 0 Å². The van der Waals surface area contributed by atoms with Crippen LogP contribution in [-0.4, -0.2) is 27.8 Å². The van der Waals surface area contributed by atoms with Crippen molar-refractivity contribution < 1.29 is 28.9 Å². The van der Waals surface area contributed by atoms with Crippen LogP contribution in [0.25, 0.3) is 55.6 Å². The van der Waals surface area contributed by atoms with Gasteiger partial charge in [0.1, 0.15) is 11.4 Å². The third-order valence-corrected chi connectivity index (χ3v) is 11.6. The van der Waals surface area contributed by atoms with Crippen molar-refractivity contribution in [3.63, 3.8) is 0 Å². The number of benzene rings is 4. The molecule has 0 spiro atoms. The third kappa shape index (κ3) is 6.23. The fourth-order valence-electron chi connectivity index (χ4n) is 5.17. The topological polar surface area (TPSA) is 43.9 Å². The summed E-state index contributed by atoms with van der Waals surface area (Å²) >= 11 is -1.72. The summed E-state index contributed by atoms with van der Waals surface area (Å²) in [5.74, 6) is 7.68. The molecule has 0 amide bonds. The summed E-state index contributed by atoms with van der Waals surface area (Å²) in [7, 11) is 0. The summed E-state index contributed by atoms with van der Waals surface area (Å²) in [5.41, 5.74) is 6.23. The van der Waals surface area contributed by atoms with Gasteiger partial charge in [0.25, 0.3) is 0 Å². The minimum absolute atomic E-state index is 0. The summed E-state index contributed by atoms with van der Waals surface area (Å²) in [6, 6.07) is 35.4. The molecule has 3 aromatic heterocycles. The molecule has 43 heavy (non-hydrogen) atoms.